The number of hydrogen-bond donors (Lipinski definition) is 2. The summed E-state index contributed by atoms with van der Waals surface area (Å²) in [6.07, 6.45) is 1.33. The number of hydrazine groups is 1. The molecule has 0 aliphatic heterocycles. The zero-order valence-corrected chi connectivity index (χ0v) is 14.8. The third kappa shape index (κ3) is 3.85. The van der Waals surface area contributed by atoms with Crippen LogP contribution in [0.2, 0.25) is 0 Å². The second-order valence-corrected chi connectivity index (χ2v) is 6.63. The van der Waals surface area contributed by atoms with E-state index in [4.69, 9.17) is 4.74 Å². The highest BCUT2D eigenvalue weighted by molar-refractivity contribution is 5.92. The molecule has 0 heterocycles. The predicted octanol–water partition coefficient (Wildman–Crippen LogP) is 2.70. The first-order valence-electron chi connectivity index (χ1n) is 8.46. The molecule has 0 unspecified atom stereocenters. The van der Waals surface area contributed by atoms with Crippen LogP contribution in [0.5, 0.6) is 5.75 Å². The van der Waals surface area contributed by atoms with Gasteiger partial charge in [-0.3, -0.25) is 20.4 Å². The number of amides is 2. The maximum absolute atomic E-state index is 13.1. The molecule has 1 fully saturated rings. The monoisotopic (exact) mass is 356 g/mol. The summed E-state index contributed by atoms with van der Waals surface area (Å²) in [5.41, 5.74) is 7.09. The highest BCUT2D eigenvalue weighted by Gasteiger charge is 2.51. The molecule has 3 rings (SSSR count). The molecule has 2 aromatic rings. The van der Waals surface area contributed by atoms with Crippen LogP contribution >= 0.6 is 0 Å². The van der Waals surface area contributed by atoms with Crippen molar-refractivity contribution in [2.45, 2.75) is 32.1 Å². The van der Waals surface area contributed by atoms with Gasteiger partial charge in [0.05, 0.1) is 5.41 Å². The molecule has 1 aliphatic carbocycles. The van der Waals surface area contributed by atoms with Gasteiger partial charge in [0.25, 0.3) is 5.91 Å². The van der Waals surface area contributed by atoms with E-state index in [9.17, 15) is 14.0 Å². The maximum atomic E-state index is 13.1. The van der Waals surface area contributed by atoms with Gasteiger partial charge in [0.15, 0.2) is 6.61 Å². The predicted molar refractivity (Wildman–Crippen MR) is 95.0 cm³/mol. The van der Waals surface area contributed by atoms with Gasteiger partial charge < -0.3 is 4.74 Å². The maximum Gasteiger partial charge on any atom is 0.276 e. The highest BCUT2D eigenvalue weighted by Crippen LogP contribution is 2.48. The quantitative estimate of drug-likeness (QED) is 0.810. The van der Waals surface area contributed by atoms with Crippen LogP contribution in [0.1, 0.15) is 29.5 Å². The summed E-state index contributed by atoms with van der Waals surface area (Å²) < 4.78 is 18.5. The fourth-order valence-corrected chi connectivity index (χ4v) is 2.78. The second kappa shape index (κ2) is 7.15. The lowest BCUT2D eigenvalue weighted by atomic mass is 9.95. The van der Waals surface area contributed by atoms with Crippen molar-refractivity contribution in [3.63, 3.8) is 0 Å². The number of carbonyl (C=O) groups is 2. The number of benzene rings is 2. The molecule has 5 nitrogen and oxygen atoms in total. The van der Waals surface area contributed by atoms with E-state index in [0.29, 0.717) is 18.6 Å². The van der Waals surface area contributed by atoms with Crippen LogP contribution in [0.15, 0.2) is 42.5 Å². The van der Waals surface area contributed by atoms with Crippen LogP contribution in [0.25, 0.3) is 0 Å². The van der Waals surface area contributed by atoms with Crippen molar-refractivity contribution < 1.29 is 18.7 Å². The van der Waals surface area contributed by atoms with Gasteiger partial charge in [0.2, 0.25) is 5.91 Å². The molecule has 0 atom stereocenters. The summed E-state index contributed by atoms with van der Waals surface area (Å²) in [5, 5.41) is 0. The van der Waals surface area contributed by atoms with Crippen LogP contribution in [0, 0.1) is 19.7 Å². The van der Waals surface area contributed by atoms with E-state index >= 15 is 0 Å². The molecule has 136 valence electrons. The lowest BCUT2D eigenvalue weighted by Crippen LogP contribution is -2.48. The van der Waals surface area contributed by atoms with Crippen LogP contribution in [-0.4, -0.2) is 18.4 Å². The number of rotatable bonds is 5. The zero-order valence-electron chi connectivity index (χ0n) is 14.8. The minimum atomic E-state index is -0.685. The second-order valence-electron chi connectivity index (χ2n) is 6.63. The fraction of sp³-hybridized carbons (Fsp3) is 0.300. The van der Waals surface area contributed by atoms with Gasteiger partial charge >= 0.3 is 0 Å². The molecule has 6 heteroatoms. The Bertz CT molecular complexity index is 829. The summed E-state index contributed by atoms with van der Waals surface area (Å²) in [6, 6.07) is 11.4. The van der Waals surface area contributed by atoms with Crippen molar-refractivity contribution in [3.05, 3.63) is 65.0 Å². The molecule has 26 heavy (non-hydrogen) atoms. The average molecular weight is 356 g/mol. The Morgan fingerprint density at radius 3 is 2.35 bits per heavy atom. The average Bonchev–Trinajstić information content (AvgIpc) is 3.43. The minimum Gasteiger partial charge on any atom is -0.484 e. The van der Waals surface area contributed by atoms with E-state index in [0.717, 1.165) is 16.7 Å². The van der Waals surface area contributed by atoms with Crippen molar-refractivity contribution >= 4 is 11.8 Å². The fourth-order valence-electron chi connectivity index (χ4n) is 2.78. The van der Waals surface area contributed by atoms with Crippen LogP contribution in [0.3, 0.4) is 0 Å². The van der Waals surface area contributed by atoms with Crippen molar-refractivity contribution in [2.24, 2.45) is 0 Å². The lowest BCUT2D eigenvalue weighted by molar-refractivity contribution is -0.131. The third-order valence-electron chi connectivity index (χ3n) is 4.75. The molecule has 1 saturated carbocycles. The summed E-state index contributed by atoms with van der Waals surface area (Å²) in [6.45, 7) is 3.76. The number of halogens is 1. The molecule has 0 saturated heterocycles. The molecule has 1 aliphatic rings. The Hall–Kier alpha value is -2.89. The van der Waals surface area contributed by atoms with Gasteiger partial charge in [-0.25, -0.2) is 4.39 Å². The minimum absolute atomic E-state index is 0.202. The number of aryl methyl sites for hydroxylation is 2. The molecule has 0 aromatic heterocycles. The number of carbonyl (C=O) groups excluding carboxylic acids is 2. The normalized spacial score (nSPS) is 14.4. The summed E-state index contributed by atoms with van der Waals surface area (Å²) in [4.78, 5) is 24.3. The first-order chi connectivity index (χ1) is 12.4. The molecule has 0 radical (unpaired) electrons. The summed E-state index contributed by atoms with van der Waals surface area (Å²) in [7, 11) is 0. The molecule has 2 N–H and O–H groups in total. The van der Waals surface area contributed by atoms with Crippen molar-refractivity contribution in [1.82, 2.24) is 10.9 Å². The van der Waals surface area contributed by atoms with Crippen molar-refractivity contribution in [1.29, 1.82) is 0 Å². The number of ether oxygens (including phenoxy) is 1. The van der Waals surface area contributed by atoms with E-state index in [2.05, 4.69) is 10.9 Å². The zero-order chi connectivity index (χ0) is 18.7. The topological polar surface area (TPSA) is 67.4 Å². The summed E-state index contributed by atoms with van der Waals surface area (Å²) in [5.74, 6) is -0.503. The SMILES string of the molecule is Cc1ccc(OCC(=O)NNC(=O)C2(c3ccc(F)cc3)CC2)cc1C. The van der Waals surface area contributed by atoms with Crippen LogP contribution in [-0.2, 0) is 15.0 Å². The Morgan fingerprint density at radius 2 is 1.73 bits per heavy atom. The van der Waals surface area contributed by atoms with Gasteiger partial charge in [-0.2, -0.15) is 0 Å². The van der Waals surface area contributed by atoms with Gasteiger partial charge in [-0.15, -0.1) is 0 Å². The summed E-state index contributed by atoms with van der Waals surface area (Å²) >= 11 is 0. The van der Waals surface area contributed by atoms with Gasteiger partial charge in [0.1, 0.15) is 11.6 Å². The van der Waals surface area contributed by atoms with E-state index < -0.39 is 11.3 Å². The lowest BCUT2D eigenvalue weighted by Gasteiger charge is -2.16. The van der Waals surface area contributed by atoms with Gasteiger partial charge in [-0.05, 0) is 67.6 Å². The number of nitrogens with one attached hydrogen (secondary N) is 2. The molecular weight excluding hydrogens is 335 g/mol. The number of hydrogen-bond acceptors (Lipinski definition) is 3. The Morgan fingerprint density at radius 1 is 1.04 bits per heavy atom. The first kappa shape index (κ1) is 17.9. The Labute approximate surface area is 151 Å². The third-order valence-corrected chi connectivity index (χ3v) is 4.75. The van der Waals surface area contributed by atoms with E-state index in [1.807, 2.05) is 26.0 Å². The molecule has 2 amide bonds. The van der Waals surface area contributed by atoms with E-state index in [-0.39, 0.29) is 18.3 Å². The van der Waals surface area contributed by atoms with Crippen LogP contribution in [0.4, 0.5) is 4.39 Å². The smallest absolute Gasteiger partial charge is 0.276 e. The Balaban J connectivity index is 1.50. The van der Waals surface area contributed by atoms with Gasteiger partial charge in [-0.1, -0.05) is 18.2 Å². The standard InChI is InChI=1S/C20H21FN2O3/c1-13-3-8-17(11-14(13)2)26-12-18(24)22-23-19(25)20(9-10-20)15-4-6-16(21)7-5-15/h3-8,11H,9-10,12H2,1-2H3,(H,22,24)(H,23,25). The van der Waals surface area contributed by atoms with Crippen LogP contribution < -0.4 is 15.6 Å². The largest absolute Gasteiger partial charge is 0.484 e. The molecule has 0 bridgehead atoms. The van der Waals surface area contributed by atoms with Crippen molar-refractivity contribution in [3.8, 4) is 5.75 Å². The molecule has 2 aromatic carbocycles. The highest BCUT2D eigenvalue weighted by atomic mass is 19.1. The first-order valence-corrected chi connectivity index (χ1v) is 8.46. The van der Waals surface area contributed by atoms with Crippen molar-refractivity contribution in [2.75, 3.05) is 6.61 Å². The molecule has 0 spiro atoms. The molecular formula is C20H21FN2O3. The van der Waals surface area contributed by atoms with Gasteiger partial charge in [0, 0.05) is 0 Å². The van der Waals surface area contributed by atoms with E-state index in [1.165, 1.54) is 12.1 Å². The Kier molecular flexibility index (Phi) is 4.93. The van der Waals surface area contributed by atoms with E-state index in [1.54, 1.807) is 18.2 Å².